The highest BCUT2D eigenvalue weighted by atomic mass is 16.1. The lowest BCUT2D eigenvalue weighted by atomic mass is 9.92. The molecule has 2 aromatic rings. The molecule has 0 bridgehead atoms. The van der Waals surface area contributed by atoms with E-state index in [-0.39, 0.29) is 6.04 Å². The Labute approximate surface area is 119 Å². The maximum atomic E-state index is 11.6. The summed E-state index contributed by atoms with van der Waals surface area (Å²) in [5, 5.41) is 1.32. The number of para-hydroxylation sites is 1. The van der Waals surface area contributed by atoms with E-state index in [4.69, 9.17) is 5.73 Å². The maximum absolute atomic E-state index is 11.6. The number of nitrogens with zero attached hydrogens (tertiary/aromatic N) is 1. The van der Waals surface area contributed by atoms with Gasteiger partial charge in [-0.15, -0.1) is 0 Å². The monoisotopic (exact) mass is 270 g/mol. The Morgan fingerprint density at radius 1 is 1.40 bits per heavy atom. The summed E-state index contributed by atoms with van der Waals surface area (Å²) < 4.78 is 2.35. The molecule has 2 N–H and O–H groups in total. The van der Waals surface area contributed by atoms with Crippen LogP contribution in [0.15, 0.2) is 24.3 Å². The summed E-state index contributed by atoms with van der Waals surface area (Å²) in [4.78, 5) is 11.6. The minimum atomic E-state index is 0.277. The first-order valence-electron chi connectivity index (χ1n) is 7.57. The molecule has 0 aliphatic heterocycles. The zero-order chi connectivity index (χ0) is 14.1. The van der Waals surface area contributed by atoms with Gasteiger partial charge in [0.05, 0.1) is 0 Å². The first-order chi connectivity index (χ1) is 9.70. The van der Waals surface area contributed by atoms with Crippen LogP contribution in [0.25, 0.3) is 10.9 Å². The standard InChI is InChI=1S/C17H22N2O/c1-2-13(20)9-10-19-16-6-4-3-5-14(16)15-11-12(18)7-8-17(15)19/h3-6,12H,2,7-11,18H2,1H3. The summed E-state index contributed by atoms with van der Waals surface area (Å²) in [5.74, 6) is 0.337. The molecule has 1 unspecified atom stereocenters. The summed E-state index contributed by atoms with van der Waals surface area (Å²) in [6.07, 6.45) is 4.31. The van der Waals surface area contributed by atoms with Gasteiger partial charge in [-0.25, -0.2) is 0 Å². The summed E-state index contributed by atoms with van der Waals surface area (Å²) in [5.41, 5.74) is 10.2. The molecule has 1 aromatic carbocycles. The van der Waals surface area contributed by atoms with Gasteiger partial charge in [-0.05, 0) is 30.9 Å². The van der Waals surface area contributed by atoms with Crippen LogP contribution >= 0.6 is 0 Å². The van der Waals surface area contributed by atoms with E-state index in [2.05, 4.69) is 28.8 Å². The van der Waals surface area contributed by atoms with Gasteiger partial charge in [0.1, 0.15) is 5.78 Å². The molecule has 1 aliphatic carbocycles. The number of benzene rings is 1. The van der Waals surface area contributed by atoms with Crippen molar-refractivity contribution >= 4 is 16.7 Å². The van der Waals surface area contributed by atoms with Crippen molar-refractivity contribution in [1.29, 1.82) is 0 Å². The number of rotatable bonds is 4. The molecule has 3 heteroatoms. The van der Waals surface area contributed by atoms with Crippen LogP contribution < -0.4 is 5.73 Å². The van der Waals surface area contributed by atoms with Crippen molar-refractivity contribution in [3.63, 3.8) is 0 Å². The third kappa shape index (κ3) is 2.27. The Balaban J connectivity index is 2.04. The normalized spacial score (nSPS) is 18.2. The quantitative estimate of drug-likeness (QED) is 0.928. The molecule has 0 fully saturated rings. The van der Waals surface area contributed by atoms with Gasteiger partial charge >= 0.3 is 0 Å². The number of aromatic nitrogens is 1. The molecule has 0 radical (unpaired) electrons. The molecule has 0 spiro atoms. The van der Waals surface area contributed by atoms with Crippen LogP contribution in [0.5, 0.6) is 0 Å². The summed E-state index contributed by atoms with van der Waals surface area (Å²) in [7, 11) is 0. The number of ketones is 1. The Kier molecular flexibility index (Phi) is 3.62. The van der Waals surface area contributed by atoms with E-state index >= 15 is 0 Å². The van der Waals surface area contributed by atoms with E-state index in [1.807, 2.05) is 6.92 Å². The van der Waals surface area contributed by atoms with Crippen molar-refractivity contribution in [3.8, 4) is 0 Å². The van der Waals surface area contributed by atoms with Crippen LogP contribution in [0.4, 0.5) is 0 Å². The number of Topliss-reactive ketones (excluding diaryl/α,β-unsaturated/α-hetero) is 1. The van der Waals surface area contributed by atoms with Gasteiger partial charge in [-0.2, -0.15) is 0 Å². The molecule has 0 saturated heterocycles. The van der Waals surface area contributed by atoms with E-state index in [9.17, 15) is 4.79 Å². The van der Waals surface area contributed by atoms with E-state index in [0.29, 0.717) is 18.6 Å². The van der Waals surface area contributed by atoms with E-state index in [0.717, 1.165) is 25.8 Å². The van der Waals surface area contributed by atoms with Crippen molar-refractivity contribution in [3.05, 3.63) is 35.5 Å². The predicted octanol–water partition coefficient (Wildman–Crippen LogP) is 2.83. The van der Waals surface area contributed by atoms with Crippen LogP contribution in [0.3, 0.4) is 0 Å². The number of hydrogen-bond acceptors (Lipinski definition) is 2. The fraction of sp³-hybridized carbons (Fsp3) is 0.471. The molecule has 0 saturated carbocycles. The number of nitrogens with two attached hydrogens (primary N) is 1. The fourth-order valence-electron chi connectivity index (χ4n) is 3.30. The van der Waals surface area contributed by atoms with Crippen molar-refractivity contribution in [2.75, 3.05) is 0 Å². The lowest BCUT2D eigenvalue weighted by Crippen LogP contribution is -2.28. The summed E-state index contributed by atoms with van der Waals surface area (Å²) in [6, 6.07) is 8.79. The summed E-state index contributed by atoms with van der Waals surface area (Å²) in [6.45, 7) is 2.74. The highest BCUT2D eigenvalue weighted by Crippen LogP contribution is 2.32. The number of hydrogen-bond donors (Lipinski definition) is 1. The van der Waals surface area contributed by atoms with Crippen molar-refractivity contribution in [2.45, 2.75) is 51.6 Å². The minimum absolute atomic E-state index is 0.277. The van der Waals surface area contributed by atoms with Gasteiger partial charge < -0.3 is 10.3 Å². The van der Waals surface area contributed by atoms with Crippen LogP contribution in [0.2, 0.25) is 0 Å². The predicted molar refractivity (Wildman–Crippen MR) is 81.9 cm³/mol. The molecule has 106 valence electrons. The SMILES string of the molecule is CCC(=O)CCn1c2c(c3ccccc31)CC(N)CC2. The lowest BCUT2D eigenvalue weighted by molar-refractivity contribution is -0.118. The number of aryl methyl sites for hydroxylation is 1. The second-order valence-electron chi connectivity index (χ2n) is 5.74. The van der Waals surface area contributed by atoms with Crippen LogP contribution in [-0.4, -0.2) is 16.4 Å². The van der Waals surface area contributed by atoms with Crippen LogP contribution in [0, 0.1) is 0 Å². The number of fused-ring (bicyclic) bond motifs is 3. The van der Waals surface area contributed by atoms with E-state index in [1.165, 1.54) is 22.2 Å². The topological polar surface area (TPSA) is 48.0 Å². The highest BCUT2D eigenvalue weighted by molar-refractivity contribution is 5.86. The Morgan fingerprint density at radius 2 is 2.20 bits per heavy atom. The second kappa shape index (κ2) is 5.41. The first kappa shape index (κ1) is 13.4. The smallest absolute Gasteiger partial charge is 0.134 e. The number of carbonyl (C=O) groups is 1. The molecule has 1 atom stereocenters. The molecule has 0 amide bonds. The van der Waals surface area contributed by atoms with Crippen molar-refractivity contribution < 1.29 is 4.79 Å². The average Bonchev–Trinajstić information content (AvgIpc) is 2.78. The van der Waals surface area contributed by atoms with Gasteiger partial charge in [0.2, 0.25) is 0 Å². The van der Waals surface area contributed by atoms with Crippen molar-refractivity contribution in [2.24, 2.45) is 5.73 Å². The van der Waals surface area contributed by atoms with E-state index in [1.54, 1.807) is 0 Å². The first-order valence-corrected chi connectivity index (χ1v) is 7.57. The molecule has 1 aliphatic rings. The minimum Gasteiger partial charge on any atom is -0.344 e. The van der Waals surface area contributed by atoms with Crippen molar-refractivity contribution in [1.82, 2.24) is 4.57 Å². The zero-order valence-electron chi connectivity index (χ0n) is 12.1. The van der Waals surface area contributed by atoms with Gasteiger partial charge in [-0.3, -0.25) is 4.79 Å². The molecular formula is C17H22N2O. The van der Waals surface area contributed by atoms with Crippen LogP contribution in [-0.2, 0) is 24.2 Å². The molecule has 1 aromatic heterocycles. The van der Waals surface area contributed by atoms with Gasteiger partial charge in [0.25, 0.3) is 0 Å². The highest BCUT2D eigenvalue weighted by Gasteiger charge is 2.23. The molecule has 3 rings (SSSR count). The Hall–Kier alpha value is -1.61. The van der Waals surface area contributed by atoms with Crippen LogP contribution in [0.1, 0.15) is 37.4 Å². The number of carbonyl (C=O) groups excluding carboxylic acids is 1. The summed E-state index contributed by atoms with van der Waals surface area (Å²) >= 11 is 0. The Bertz CT molecular complexity index is 642. The van der Waals surface area contributed by atoms with Gasteiger partial charge in [0, 0.05) is 42.0 Å². The molecular weight excluding hydrogens is 248 g/mol. The van der Waals surface area contributed by atoms with Gasteiger partial charge in [-0.1, -0.05) is 25.1 Å². The largest absolute Gasteiger partial charge is 0.344 e. The maximum Gasteiger partial charge on any atom is 0.134 e. The Morgan fingerprint density at radius 3 is 3.00 bits per heavy atom. The molecule has 1 heterocycles. The third-order valence-corrected chi connectivity index (χ3v) is 4.42. The molecule has 3 nitrogen and oxygen atoms in total. The van der Waals surface area contributed by atoms with E-state index < -0.39 is 0 Å². The zero-order valence-corrected chi connectivity index (χ0v) is 12.1. The third-order valence-electron chi connectivity index (χ3n) is 4.42. The van der Waals surface area contributed by atoms with Gasteiger partial charge in [0.15, 0.2) is 0 Å². The average molecular weight is 270 g/mol. The molecule has 20 heavy (non-hydrogen) atoms. The fourth-order valence-corrected chi connectivity index (χ4v) is 3.30. The lowest BCUT2D eigenvalue weighted by Gasteiger charge is -2.20. The second-order valence-corrected chi connectivity index (χ2v) is 5.74.